The lowest BCUT2D eigenvalue weighted by molar-refractivity contribution is -0.0493. The smallest absolute Gasteiger partial charge is 0.387 e. The van der Waals surface area contributed by atoms with Gasteiger partial charge in [0.05, 0.1) is 10.6 Å². The molecule has 0 heterocycles. The highest BCUT2D eigenvalue weighted by atomic mass is 35.5. The zero-order valence-corrected chi connectivity index (χ0v) is 13.0. The quantitative estimate of drug-likeness (QED) is 0.887. The lowest BCUT2D eigenvalue weighted by Gasteiger charge is -2.14. The molecule has 0 aliphatic heterocycles. The van der Waals surface area contributed by atoms with Crippen molar-refractivity contribution in [2.45, 2.75) is 18.4 Å². The number of hydrogen-bond acceptors (Lipinski definition) is 3. The van der Waals surface area contributed by atoms with Gasteiger partial charge >= 0.3 is 6.61 Å². The van der Waals surface area contributed by atoms with E-state index in [1.807, 2.05) is 0 Å². The van der Waals surface area contributed by atoms with Crippen molar-refractivity contribution in [3.8, 4) is 5.75 Å². The van der Waals surface area contributed by atoms with Gasteiger partial charge in [-0.3, -0.25) is 4.72 Å². The summed E-state index contributed by atoms with van der Waals surface area (Å²) in [6.07, 6.45) is 0. The van der Waals surface area contributed by atoms with Crippen LogP contribution in [0.15, 0.2) is 47.4 Å². The Kier molecular flexibility index (Phi) is 4.87. The second-order valence-electron chi connectivity index (χ2n) is 4.44. The van der Waals surface area contributed by atoms with Gasteiger partial charge in [-0.2, -0.15) is 8.78 Å². The monoisotopic (exact) mass is 347 g/mol. The van der Waals surface area contributed by atoms with Crippen molar-refractivity contribution >= 4 is 27.3 Å². The molecule has 0 amide bonds. The normalized spacial score (nSPS) is 11.5. The van der Waals surface area contributed by atoms with Crippen molar-refractivity contribution in [2.75, 3.05) is 4.72 Å². The number of halogens is 3. The standard InChI is InChI=1S/C14H12ClF2NO3S/c1-9-2-7-12(13(8-9)21-14(16)17)18-22(19,20)11-5-3-10(15)4-6-11/h2-8,14,18H,1H3. The summed E-state index contributed by atoms with van der Waals surface area (Å²) in [5.41, 5.74) is 0.589. The van der Waals surface area contributed by atoms with E-state index in [-0.39, 0.29) is 16.3 Å². The molecule has 1 N–H and O–H groups in total. The minimum absolute atomic E-state index is 0.0412. The zero-order valence-electron chi connectivity index (χ0n) is 11.4. The van der Waals surface area contributed by atoms with Crippen molar-refractivity contribution in [1.82, 2.24) is 0 Å². The first-order valence-electron chi connectivity index (χ1n) is 6.12. The van der Waals surface area contributed by atoms with Crippen molar-refractivity contribution < 1.29 is 21.9 Å². The Hall–Kier alpha value is -1.86. The third-order valence-electron chi connectivity index (χ3n) is 2.72. The molecular weight excluding hydrogens is 336 g/mol. The van der Waals surface area contributed by atoms with E-state index < -0.39 is 16.6 Å². The molecule has 22 heavy (non-hydrogen) atoms. The number of benzene rings is 2. The third-order valence-corrected chi connectivity index (χ3v) is 4.35. The van der Waals surface area contributed by atoms with Crippen LogP contribution in [0.2, 0.25) is 5.02 Å². The number of anilines is 1. The third kappa shape index (κ3) is 4.08. The first-order valence-corrected chi connectivity index (χ1v) is 7.98. The second-order valence-corrected chi connectivity index (χ2v) is 6.56. The van der Waals surface area contributed by atoms with Crippen LogP contribution in [-0.4, -0.2) is 15.0 Å². The molecule has 2 rings (SSSR count). The van der Waals surface area contributed by atoms with Gasteiger partial charge in [0.15, 0.2) is 0 Å². The van der Waals surface area contributed by atoms with Crippen LogP contribution in [0.25, 0.3) is 0 Å². The number of alkyl halides is 2. The largest absolute Gasteiger partial charge is 0.433 e. The summed E-state index contributed by atoms with van der Waals surface area (Å²) in [6, 6.07) is 9.73. The fraction of sp³-hybridized carbons (Fsp3) is 0.143. The molecule has 2 aromatic carbocycles. The first-order chi connectivity index (χ1) is 10.3. The molecule has 0 aromatic heterocycles. The number of sulfonamides is 1. The highest BCUT2D eigenvalue weighted by Gasteiger charge is 2.18. The topological polar surface area (TPSA) is 55.4 Å². The van der Waals surface area contributed by atoms with Gasteiger partial charge in [0.2, 0.25) is 0 Å². The fourth-order valence-electron chi connectivity index (χ4n) is 1.72. The maximum Gasteiger partial charge on any atom is 0.387 e. The summed E-state index contributed by atoms with van der Waals surface area (Å²) >= 11 is 5.70. The van der Waals surface area contributed by atoms with Gasteiger partial charge in [-0.25, -0.2) is 8.42 Å². The lowest BCUT2D eigenvalue weighted by atomic mass is 10.2. The van der Waals surface area contributed by atoms with Crippen LogP contribution in [-0.2, 0) is 10.0 Å². The number of nitrogens with one attached hydrogen (secondary N) is 1. The van der Waals surface area contributed by atoms with Gasteiger partial charge in [-0.15, -0.1) is 0 Å². The number of hydrogen-bond donors (Lipinski definition) is 1. The van der Waals surface area contributed by atoms with Crippen molar-refractivity contribution in [3.63, 3.8) is 0 Å². The van der Waals surface area contributed by atoms with Crippen molar-refractivity contribution in [1.29, 1.82) is 0 Å². The van der Waals surface area contributed by atoms with Crippen LogP contribution in [0.3, 0.4) is 0 Å². The highest BCUT2D eigenvalue weighted by molar-refractivity contribution is 7.92. The SMILES string of the molecule is Cc1ccc(NS(=O)(=O)c2ccc(Cl)cc2)c(OC(F)F)c1. The Morgan fingerprint density at radius 2 is 1.77 bits per heavy atom. The van der Waals surface area contributed by atoms with Crippen LogP contribution in [0, 0.1) is 6.92 Å². The van der Waals surface area contributed by atoms with Gasteiger partial charge in [-0.05, 0) is 48.9 Å². The Balaban J connectivity index is 2.35. The number of ether oxygens (including phenoxy) is 1. The van der Waals surface area contributed by atoms with Gasteiger partial charge in [0.25, 0.3) is 10.0 Å². The van der Waals surface area contributed by atoms with E-state index in [0.717, 1.165) is 0 Å². The molecule has 0 aliphatic carbocycles. The Labute approximate surface area is 131 Å². The maximum atomic E-state index is 12.4. The summed E-state index contributed by atoms with van der Waals surface area (Å²) in [4.78, 5) is -0.0412. The minimum Gasteiger partial charge on any atom is -0.433 e. The van der Waals surface area contributed by atoms with Gasteiger partial charge in [0.1, 0.15) is 5.75 Å². The summed E-state index contributed by atoms with van der Waals surface area (Å²) in [5.74, 6) is -0.243. The average molecular weight is 348 g/mol. The number of aryl methyl sites for hydroxylation is 1. The summed E-state index contributed by atoms with van der Waals surface area (Å²) in [7, 11) is -3.93. The second kappa shape index (κ2) is 6.50. The molecule has 0 atom stereocenters. The van der Waals surface area contributed by atoms with Crippen molar-refractivity contribution in [2.24, 2.45) is 0 Å². The molecule has 118 valence electrons. The molecule has 0 radical (unpaired) electrons. The molecular formula is C14H12ClF2NO3S. The predicted octanol–water partition coefficient (Wildman–Crippen LogP) is 4.05. The molecule has 8 heteroatoms. The van der Waals surface area contributed by atoms with E-state index in [4.69, 9.17) is 11.6 Å². The fourth-order valence-corrected chi connectivity index (χ4v) is 2.92. The Bertz CT molecular complexity index is 764. The van der Waals surface area contributed by atoms with Crippen LogP contribution < -0.4 is 9.46 Å². The molecule has 0 saturated carbocycles. The lowest BCUT2D eigenvalue weighted by Crippen LogP contribution is -2.14. The van der Waals surface area contributed by atoms with E-state index in [9.17, 15) is 17.2 Å². The van der Waals surface area contributed by atoms with Crippen LogP contribution in [0.1, 0.15) is 5.56 Å². The molecule has 0 aliphatic rings. The molecule has 0 bridgehead atoms. The Morgan fingerprint density at radius 1 is 1.14 bits per heavy atom. The maximum absolute atomic E-state index is 12.4. The molecule has 2 aromatic rings. The molecule has 0 saturated heterocycles. The summed E-state index contributed by atoms with van der Waals surface area (Å²) < 4.78 is 55.9. The average Bonchev–Trinajstić information content (AvgIpc) is 2.41. The first kappa shape index (κ1) is 16.5. The molecule has 0 spiro atoms. The van der Waals surface area contributed by atoms with Gasteiger partial charge < -0.3 is 4.74 Å². The van der Waals surface area contributed by atoms with E-state index in [1.165, 1.54) is 36.4 Å². The van der Waals surface area contributed by atoms with Gasteiger partial charge in [0, 0.05) is 5.02 Å². The van der Waals surface area contributed by atoms with E-state index in [2.05, 4.69) is 9.46 Å². The summed E-state index contributed by atoms with van der Waals surface area (Å²) in [5, 5.41) is 0.385. The van der Waals surface area contributed by atoms with E-state index in [0.29, 0.717) is 10.6 Å². The predicted molar refractivity (Wildman–Crippen MR) is 80.1 cm³/mol. The van der Waals surface area contributed by atoms with Crippen LogP contribution in [0.5, 0.6) is 5.75 Å². The molecule has 4 nitrogen and oxygen atoms in total. The van der Waals surface area contributed by atoms with Gasteiger partial charge in [-0.1, -0.05) is 17.7 Å². The van der Waals surface area contributed by atoms with Crippen LogP contribution >= 0.6 is 11.6 Å². The van der Waals surface area contributed by atoms with E-state index in [1.54, 1.807) is 13.0 Å². The molecule has 0 unspecified atom stereocenters. The molecule has 0 fully saturated rings. The number of rotatable bonds is 5. The van der Waals surface area contributed by atoms with E-state index >= 15 is 0 Å². The zero-order chi connectivity index (χ0) is 16.3. The highest BCUT2D eigenvalue weighted by Crippen LogP contribution is 2.29. The van der Waals surface area contributed by atoms with Crippen LogP contribution in [0.4, 0.5) is 14.5 Å². The van der Waals surface area contributed by atoms with Crippen molar-refractivity contribution in [3.05, 3.63) is 53.1 Å². The minimum atomic E-state index is -3.93. The summed E-state index contributed by atoms with van der Waals surface area (Å²) in [6.45, 7) is -1.38. The Morgan fingerprint density at radius 3 is 2.36 bits per heavy atom.